The van der Waals surface area contributed by atoms with E-state index in [1.807, 2.05) is 12.1 Å². The van der Waals surface area contributed by atoms with Gasteiger partial charge in [0.15, 0.2) is 0 Å². The zero-order valence-corrected chi connectivity index (χ0v) is 11.4. The molecule has 0 aliphatic carbocycles. The minimum atomic E-state index is 0.309. The number of phenols is 1. The molecule has 0 aliphatic rings. The Bertz CT molecular complexity index is 508. The first-order valence-electron chi connectivity index (χ1n) is 5.84. The predicted octanol–water partition coefficient (Wildman–Crippen LogP) is 3.61. The van der Waals surface area contributed by atoms with Crippen LogP contribution in [-0.2, 0) is 6.54 Å². The van der Waals surface area contributed by atoms with E-state index in [0.29, 0.717) is 5.75 Å². The molecule has 0 aromatic heterocycles. The van der Waals surface area contributed by atoms with E-state index in [2.05, 4.69) is 43.3 Å². The van der Waals surface area contributed by atoms with Gasteiger partial charge in [-0.25, -0.2) is 0 Å². The van der Waals surface area contributed by atoms with E-state index in [-0.39, 0.29) is 0 Å². The molecule has 0 atom stereocenters. The van der Waals surface area contributed by atoms with Crippen molar-refractivity contribution in [2.24, 2.45) is 0 Å². The summed E-state index contributed by atoms with van der Waals surface area (Å²) in [6, 6.07) is 15.8. The molecule has 94 valence electrons. The van der Waals surface area contributed by atoms with Crippen molar-refractivity contribution in [1.82, 2.24) is 4.90 Å². The summed E-state index contributed by atoms with van der Waals surface area (Å²) in [6.45, 7) is 0.955. The zero-order valence-electron chi connectivity index (χ0n) is 10.6. The van der Waals surface area contributed by atoms with Crippen molar-refractivity contribution >= 4 is 11.8 Å². The molecule has 2 rings (SSSR count). The first-order chi connectivity index (χ1) is 8.63. The monoisotopic (exact) mass is 259 g/mol. The van der Waals surface area contributed by atoms with E-state index < -0.39 is 0 Å². The number of aromatic hydroxyl groups is 1. The number of benzene rings is 2. The molecule has 0 spiro atoms. The van der Waals surface area contributed by atoms with E-state index in [9.17, 15) is 5.11 Å². The minimum absolute atomic E-state index is 0.309. The summed E-state index contributed by atoms with van der Waals surface area (Å²) in [4.78, 5) is 4.38. The van der Waals surface area contributed by atoms with Gasteiger partial charge in [0.2, 0.25) is 0 Å². The number of hydrogen-bond donors (Lipinski definition) is 1. The lowest BCUT2D eigenvalue weighted by atomic mass is 10.2. The van der Waals surface area contributed by atoms with Gasteiger partial charge in [0.1, 0.15) is 5.75 Å². The highest BCUT2D eigenvalue weighted by molar-refractivity contribution is 7.99. The van der Waals surface area contributed by atoms with Crippen molar-refractivity contribution in [3.05, 3.63) is 54.1 Å². The lowest BCUT2D eigenvalue weighted by Gasteiger charge is -2.10. The first kappa shape index (κ1) is 13.0. The van der Waals surface area contributed by atoms with Gasteiger partial charge in [-0.2, -0.15) is 0 Å². The molecule has 0 saturated heterocycles. The molecule has 0 radical (unpaired) electrons. The molecule has 0 unspecified atom stereocenters. The van der Waals surface area contributed by atoms with E-state index in [1.54, 1.807) is 23.9 Å². The molecule has 2 nitrogen and oxygen atoms in total. The molecule has 0 fully saturated rings. The molecule has 0 bridgehead atoms. The van der Waals surface area contributed by atoms with Crippen LogP contribution in [0.25, 0.3) is 0 Å². The Balaban J connectivity index is 2.06. The number of hydrogen-bond acceptors (Lipinski definition) is 3. The van der Waals surface area contributed by atoms with Crippen molar-refractivity contribution in [3.63, 3.8) is 0 Å². The van der Waals surface area contributed by atoms with Gasteiger partial charge < -0.3 is 10.0 Å². The SMILES string of the molecule is CN(C)Cc1ccc(Sc2cccc(O)c2)cc1. The first-order valence-corrected chi connectivity index (χ1v) is 6.66. The van der Waals surface area contributed by atoms with Gasteiger partial charge in [0.05, 0.1) is 0 Å². The van der Waals surface area contributed by atoms with Gasteiger partial charge in [-0.05, 0) is 50.0 Å². The third kappa shape index (κ3) is 3.79. The minimum Gasteiger partial charge on any atom is -0.508 e. The number of rotatable bonds is 4. The standard InChI is InChI=1S/C15H17NOS/c1-16(2)11-12-6-8-14(9-7-12)18-15-5-3-4-13(17)10-15/h3-10,17H,11H2,1-2H3. The van der Waals surface area contributed by atoms with Gasteiger partial charge in [-0.3, -0.25) is 0 Å². The topological polar surface area (TPSA) is 23.5 Å². The summed E-state index contributed by atoms with van der Waals surface area (Å²) in [5.41, 5.74) is 1.31. The number of phenolic OH excluding ortho intramolecular Hbond substituents is 1. The molecule has 1 N–H and O–H groups in total. The van der Waals surface area contributed by atoms with Crippen molar-refractivity contribution in [2.45, 2.75) is 16.3 Å². The quantitative estimate of drug-likeness (QED) is 0.907. The van der Waals surface area contributed by atoms with E-state index in [1.165, 1.54) is 10.5 Å². The molecule has 18 heavy (non-hydrogen) atoms. The normalized spacial score (nSPS) is 10.8. The van der Waals surface area contributed by atoms with Crippen LogP contribution in [0.3, 0.4) is 0 Å². The number of nitrogens with zero attached hydrogens (tertiary/aromatic N) is 1. The second kappa shape index (κ2) is 5.94. The summed E-state index contributed by atoms with van der Waals surface area (Å²) >= 11 is 1.66. The summed E-state index contributed by atoms with van der Waals surface area (Å²) in [5, 5.41) is 9.42. The Morgan fingerprint density at radius 2 is 1.72 bits per heavy atom. The Morgan fingerprint density at radius 1 is 1.00 bits per heavy atom. The predicted molar refractivity (Wildman–Crippen MR) is 76.1 cm³/mol. The maximum atomic E-state index is 9.42. The van der Waals surface area contributed by atoms with Crippen LogP contribution < -0.4 is 0 Å². The second-order valence-electron chi connectivity index (χ2n) is 4.48. The van der Waals surface area contributed by atoms with Crippen LogP contribution in [0.1, 0.15) is 5.56 Å². The van der Waals surface area contributed by atoms with Crippen LogP contribution in [0.15, 0.2) is 58.3 Å². The summed E-state index contributed by atoms with van der Waals surface area (Å²) in [5.74, 6) is 0.309. The maximum Gasteiger partial charge on any atom is 0.116 e. The van der Waals surface area contributed by atoms with Crippen LogP contribution in [0.5, 0.6) is 5.75 Å². The zero-order chi connectivity index (χ0) is 13.0. The van der Waals surface area contributed by atoms with Crippen molar-refractivity contribution in [1.29, 1.82) is 0 Å². The van der Waals surface area contributed by atoms with Gasteiger partial charge >= 0.3 is 0 Å². The fraction of sp³-hybridized carbons (Fsp3) is 0.200. The smallest absolute Gasteiger partial charge is 0.116 e. The highest BCUT2D eigenvalue weighted by Crippen LogP contribution is 2.29. The average Bonchev–Trinajstić information content (AvgIpc) is 2.31. The Hall–Kier alpha value is -1.45. The van der Waals surface area contributed by atoms with Crippen molar-refractivity contribution in [2.75, 3.05) is 14.1 Å². The van der Waals surface area contributed by atoms with Gasteiger partial charge in [0, 0.05) is 16.3 Å². The van der Waals surface area contributed by atoms with Crippen LogP contribution in [0, 0.1) is 0 Å². The van der Waals surface area contributed by atoms with Crippen molar-refractivity contribution < 1.29 is 5.11 Å². The molecule has 2 aromatic rings. The maximum absolute atomic E-state index is 9.42. The third-order valence-electron chi connectivity index (χ3n) is 2.48. The lowest BCUT2D eigenvalue weighted by molar-refractivity contribution is 0.402. The summed E-state index contributed by atoms with van der Waals surface area (Å²) in [7, 11) is 4.13. The summed E-state index contributed by atoms with van der Waals surface area (Å²) in [6.07, 6.45) is 0. The molecule has 0 saturated carbocycles. The van der Waals surface area contributed by atoms with Crippen LogP contribution in [0.4, 0.5) is 0 Å². The third-order valence-corrected chi connectivity index (χ3v) is 3.47. The molecule has 3 heteroatoms. The largest absolute Gasteiger partial charge is 0.508 e. The fourth-order valence-corrected chi connectivity index (χ4v) is 2.58. The lowest BCUT2D eigenvalue weighted by Crippen LogP contribution is -2.10. The van der Waals surface area contributed by atoms with E-state index in [4.69, 9.17) is 0 Å². The van der Waals surface area contributed by atoms with Crippen LogP contribution >= 0.6 is 11.8 Å². The molecule has 2 aromatic carbocycles. The fourth-order valence-electron chi connectivity index (χ4n) is 1.71. The second-order valence-corrected chi connectivity index (χ2v) is 5.63. The average molecular weight is 259 g/mol. The molecule has 0 aliphatic heterocycles. The molecule has 0 heterocycles. The highest BCUT2D eigenvalue weighted by Gasteiger charge is 2.00. The van der Waals surface area contributed by atoms with Crippen molar-refractivity contribution in [3.8, 4) is 5.75 Å². The summed E-state index contributed by atoms with van der Waals surface area (Å²) < 4.78 is 0. The Labute approximate surface area is 112 Å². The molecular weight excluding hydrogens is 242 g/mol. The van der Waals surface area contributed by atoms with Gasteiger partial charge in [-0.15, -0.1) is 0 Å². The van der Waals surface area contributed by atoms with Crippen LogP contribution in [0.2, 0.25) is 0 Å². The van der Waals surface area contributed by atoms with E-state index in [0.717, 1.165) is 11.4 Å². The van der Waals surface area contributed by atoms with Gasteiger partial charge in [0.25, 0.3) is 0 Å². The molecular formula is C15H17NOS. The highest BCUT2D eigenvalue weighted by atomic mass is 32.2. The van der Waals surface area contributed by atoms with Crippen LogP contribution in [-0.4, -0.2) is 24.1 Å². The van der Waals surface area contributed by atoms with E-state index >= 15 is 0 Å². The Morgan fingerprint density at radius 3 is 2.33 bits per heavy atom. The van der Waals surface area contributed by atoms with Gasteiger partial charge in [-0.1, -0.05) is 30.0 Å². The Kier molecular flexibility index (Phi) is 4.28. The molecule has 0 amide bonds.